The molecule has 1 aromatic heterocycles. The van der Waals surface area contributed by atoms with Crippen LogP contribution in [0.4, 0.5) is 0 Å². The van der Waals surface area contributed by atoms with E-state index in [1.54, 1.807) is 0 Å². The molecule has 25 heavy (non-hydrogen) atoms. The molecule has 2 aromatic rings. The molecule has 0 amide bonds. The van der Waals surface area contributed by atoms with Gasteiger partial charge in [0.25, 0.3) is 0 Å². The Morgan fingerprint density at radius 1 is 1.16 bits per heavy atom. The second-order valence-corrected chi connectivity index (χ2v) is 6.64. The van der Waals surface area contributed by atoms with Gasteiger partial charge in [-0.05, 0) is 54.7 Å². The monoisotopic (exact) mass is 339 g/mol. The lowest BCUT2D eigenvalue weighted by Gasteiger charge is -2.08. The highest BCUT2D eigenvalue weighted by Gasteiger charge is 2.06. The molecule has 0 N–H and O–H groups in total. The van der Waals surface area contributed by atoms with Crippen molar-refractivity contribution < 1.29 is 9.53 Å². The minimum Gasteiger partial charge on any atom is -0.462 e. The maximum absolute atomic E-state index is 12.1. The number of aromatic nitrogens is 1. The van der Waals surface area contributed by atoms with Gasteiger partial charge in [-0.25, -0.2) is 4.79 Å². The zero-order valence-electron chi connectivity index (χ0n) is 15.6. The lowest BCUT2D eigenvalue weighted by molar-refractivity contribution is 0.0497. The molecule has 0 radical (unpaired) electrons. The third kappa shape index (κ3) is 6.26. The number of aryl methyl sites for hydroxylation is 1. The first-order chi connectivity index (χ1) is 12.1. The topological polar surface area (TPSA) is 31.2 Å². The van der Waals surface area contributed by atoms with Crippen molar-refractivity contribution in [2.24, 2.45) is 13.0 Å². The Bertz CT molecular complexity index is 682. The zero-order valence-corrected chi connectivity index (χ0v) is 15.6. The molecule has 1 heterocycles. The van der Waals surface area contributed by atoms with Crippen LogP contribution in [0.1, 0.15) is 61.1 Å². The summed E-state index contributed by atoms with van der Waals surface area (Å²) in [5.41, 5.74) is 2.81. The van der Waals surface area contributed by atoms with Crippen LogP contribution in [0.25, 0.3) is 12.2 Å². The van der Waals surface area contributed by atoms with Crippen LogP contribution in [0.5, 0.6) is 0 Å². The van der Waals surface area contributed by atoms with Crippen LogP contribution >= 0.6 is 0 Å². The number of hydrogen-bond acceptors (Lipinski definition) is 2. The van der Waals surface area contributed by atoms with Gasteiger partial charge in [-0.15, -0.1) is 0 Å². The van der Waals surface area contributed by atoms with E-state index in [1.165, 1.54) is 12.8 Å². The van der Waals surface area contributed by atoms with E-state index in [0.717, 1.165) is 30.0 Å². The summed E-state index contributed by atoms with van der Waals surface area (Å²) in [6.45, 7) is 4.98. The van der Waals surface area contributed by atoms with Gasteiger partial charge in [0.05, 0.1) is 12.2 Å². The summed E-state index contributed by atoms with van der Waals surface area (Å²) < 4.78 is 7.42. The van der Waals surface area contributed by atoms with Gasteiger partial charge in [-0.2, -0.15) is 0 Å². The highest BCUT2D eigenvalue weighted by molar-refractivity contribution is 5.89. The van der Waals surface area contributed by atoms with Crippen molar-refractivity contribution in [2.75, 3.05) is 6.61 Å². The molecule has 0 aliphatic carbocycles. The summed E-state index contributed by atoms with van der Waals surface area (Å²) in [7, 11) is 2.02. The molecule has 0 bridgehead atoms. The van der Waals surface area contributed by atoms with Crippen LogP contribution in [-0.4, -0.2) is 17.1 Å². The fourth-order valence-corrected chi connectivity index (χ4v) is 2.61. The minimum atomic E-state index is -0.235. The Kier molecular flexibility index (Phi) is 7.52. The molecular formula is C22H29NO2. The third-order valence-electron chi connectivity index (χ3n) is 4.60. The highest BCUT2D eigenvalue weighted by atomic mass is 16.5. The van der Waals surface area contributed by atoms with Gasteiger partial charge in [-0.3, -0.25) is 0 Å². The Hall–Kier alpha value is -2.29. The fraction of sp³-hybridized carbons (Fsp3) is 0.409. The second kappa shape index (κ2) is 9.87. The molecule has 0 spiro atoms. The summed E-state index contributed by atoms with van der Waals surface area (Å²) in [5.74, 6) is 0.522. The van der Waals surface area contributed by atoms with Gasteiger partial charge in [0.15, 0.2) is 0 Å². The van der Waals surface area contributed by atoms with E-state index in [0.29, 0.717) is 12.2 Å². The van der Waals surface area contributed by atoms with Crippen molar-refractivity contribution in [2.45, 2.75) is 39.5 Å². The lowest BCUT2D eigenvalue weighted by Crippen LogP contribution is -2.06. The third-order valence-corrected chi connectivity index (χ3v) is 4.60. The molecule has 0 fully saturated rings. The quantitative estimate of drug-likeness (QED) is 0.442. The molecule has 0 aliphatic heterocycles. The van der Waals surface area contributed by atoms with E-state index >= 15 is 0 Å². The predicted molar refractivity (Wildman–Crippen MR) is 104 cm³/mol. The van der Waals surface area contributed by atoms with E-state index in [9.17, 15) is 4.79 Å². The van der Waals surface area contributed by atoms with Crippen LogP contribution in [-0.2, 0) is 11.8 Å². The van der Waals surface area contributed by atoms with Gasteiger partial charge < -0.3 is 9.30 Å². The number of esters is 1. The van der Waals surface area contributed by atoms with Crippen LogP contribution in [0.2, 0.25) is 0 Å². The zero-order chi connectivity index (χ0) is 18.1. The number of hydrogen-bond donors (Lipinski definition) is 0. The molecule has 3 nitrogen and oxygen atoms in total. The average molecular weight is 339 g/mol. The standard InChI is InChI=1S/C22H29NO2/c1-4-18(2)8-5-6-17-25-22(24)20-13-10-19(11-14-20)12-15-21-9-7-16-23(21)3/h7,9-16,18H,4-6,8,17H2,1-3H3/b15-12+. The molecule has 134 valence electrons. The van der Waals surface area contributed by atoms with Crippen LogP contribution in [0, 0.1) is 5.92 Å². The Balaban J connectivity index is 1.78. The number of unbranched alkanes of at least 4 members (excludes halogenated alkanes) is 1. The van der Waals surface area contributed by atoms with Crippen LogP contribution in [0.3, 0.4) is 0 Å². The smallest absolute Gasteiger partial charge is 0.338 e. The summed E-state index contributed by atoms with van der Waals surface area (Å²) in [5, 5.41) is 0. The lowest BCUT2D eigenvalue weighted by atomic mass is 10.0. The molecule has 0 aliphatic rings. The molecule has 1 atom stereocenters. The number of carbonyl (C=O) groups is 1. The van der Waals surface area contributed by atoms with Gasteiger partial charge in [0.1, 0.15) is 0 Å². The first-order valence-corrected chi connectivity index (χ1v) is 9.16. The summed E-state index contributed by atoms with van der Waals surface area (Å²) in [4.78, 5) is 12.1. The van der Waals surface area contributed by atoms with Gasteiger partial charge in [-0.1, -0.05) is 44.9 Å². The van der Waals surface area contributed by atoms with Crippen molar-refractivity contribution >= 4 is 18.1 Å². The number of ether oxygens (including phenoxy) is 1. The Labute approximate surface area is 151 Å². The van der Waals surface area contributed by atoms with Crippen molar-refractivity contribution in [1.82, 2.24) is 4.57 Å². The van der Waals surface area contributed by atoms with Gasteiger partial charge in [0, 0.05) is 18.9 Å². The van der Waals surface area contributed by atoms with Crippen molar-refractivity contribution in [1.29, 1.82) is 0 Å². The van der Waals surface area contributed by atoms with E-state index in [4.69, 9.17) is 4.74 Å². The van der Waals surface area contributed by atoms with Gasteiger partial charge in [0.2, 0.25) is 0 Å². The maximum Gasteiger partial charge on any atom is 0.338 e. The van der Waals surface area contributed by atoms with Crippen LogP contribution in [0.15, 0.2) is 42.6 Å². The molecule has 3 heteroatoms. The number of rotatable bonds is 9. The number of benzene rings is 1. The van der Waals surface area contributed by atoms with Crippen molar-refractivity contribution in [3.8, 4) is 0 Å². The largest absolute Gasteiger partial charge is 0.462 e. The normalized spacial score (nSPS) is 12.4. The van der Waals surface area contributed by atoms with E-state index in [1.807, 2.05) is 49.7 Å². The van der Waals surface area contributed by atoms with E-state index in [2.05, 4.69) is 30.6 Å². The van der Waals surface area contributed by atoms with Crippen molar-refractivity contribution in [3.05, 3.63) is 59.4 Å². The summed E-state index contributed by atoms with van der Waals surface area (Å²) in [6.07, 6.45) is 10.6. The van der Waals surface area contributed by atoms with E-state index in [-0.39, 0.29) is 5.97 Å². The van der Waals surface area contributed by atoms with E-state index < -0.39 is 0 Å². The predicted octanol–water partition coefficient (Wildman–Crippen LogP) is 5.57. The minimum absolute atomic E-state index is 0.235. The molecule has 2 rings (SSSR count). The first-order valence-electron chi connectivity index (χ1n) is 9.16. The van der Waals surface area contributed by atoms with Crippen molar-refractivity contribution in [3.63, 3.8) is 0 Å². The fourth-order valence-electron chi connectivity index (χ4n) is 2.61. The Morgan fingerprint density at radius 3 is 2.56 bits per heavy atom. The van der Waals surface area contributed by atoms with Gasteiger partial charge >= 0.3 is 5.97 Å². The number of nitrogens with zero attached hydrogens (tertiary/aromatic N) is 1. The average Bonchev–Trinajstić information content (AvgIpc) is 3.04. The molecule has 1 aromatic carbocycles. The molecule has 0 saturated heterocycles. The SMILES string of the molecule is CCC(C)CCCCOC(=O)c1ccc(/C=C/c2cccn2C)cc1. The molecule has 1 unspecified atom stereocenters. The number of carbonyl (C=O) groups excluding carboxylic acids is 1. The molecule has 0 saturated carbocycles. The molecular weight excluding hydrogens is 310 g/mol. The highest BCUT2D eigenvalue weighted by Crippen LogP contribution is 2.13. The second-order valence-electron chi connectivity index (χ2n) is 6.64. The summed E-state index contributed by atoms with van der Waals surface area (Å²) >= 11 is 0. The first kappa shape index (κ1) is 19.0. The Morgan fingerprint density at radius 2 is 1.92 bits per heavy atom. The maximum atomic E-state index is 12.1. The van der Waals surface area contributed by atoms with Crippen LogP contribution < -0.4 is 0 Å². The summed E-state index contributed by atoms with van der Waals surface area (Å²) in [6, 6.07) is 11.6.